The van der Waals surface area contributed by atoms with E-state index in [0.717, 1.165) is 7.11 Å². The van der Waals surface area contributed by atoms with Gasteiger partial charge in [0.1, 0.15) is 24.9 Å². The molecular formula is C24H42N8O9. The molecule has 0 rings (SSSR count). The van der Waals surface area contributed by atoms with E-state index >= 15 is 0 Å². The first kappa shape index (κ1) is 40.8. The Bertz CT molecular complexity index is 915. The molecule has 0 radical (unpaired) electrons. The van der Waals surface area contributed by atoms with Crippen molar-refractivity contribution in [3.05, 3.63) is 0 Å². The molecule has 2 atom stereocenters. The quantitative estimate of drug-likeness (QED) is 0.0246. The van der Waals surface area contributed by atoms with E-state index in [9.17, 15) is 33.6 Å². The van der Waals surface area contributed by atoms with E-state index in [1.54, 1.807) is 0 Å². The molecule has 5 amide bonds. The van der Waals surface area contributed by atoms with Gasteiger partial charge in [-0.3, -0.25) is 33.8 Å². The maximum Gasteiger partial charge on any atom is 0.322 e. The zero-order valence-corrected chi connectivity index (χ0v) is 23.5. The number of guanidine groups is 1. The van der Waals surface area contributed by atoms with Crippen LogP contribution in [0.5, 0.6) is 0 Å². The van der Waals surface area contributed by atoms with Crippen LogP contribution in [-0.4, -0.2) is 103 Å². The molecule has 0 heterocycles. The third-order valence-corrected chi connectivity index (χ3v) is 4.36. The second-order valence-corrected chi connectivity index (χ2v) is 7.40. The highest BCUT2D eigenvalue weighted by molar-refractivity contribution is 5.94. The van der Waals surface area contributed by atoms with E-state index in [1.807, 2.05) is 19.2 Å². The number of aldehydes is 1. The summed E-state index contributed by atoms with van der Waals surface area (Å²) in [5.74, 6) is -2.82. The van der Waals surface area contributed by atoms with Crippen LogP contribution in [0.4, 0.5) is 0 Å². The van der Waals surface area contributed by atoms with Crippen molar-refractivity contribution in [3.63, 3.8) is 0 Å². The number of rotatable bonds is 18. The number of nitrogens with one attached hydrogen (secondary N) is 5. The van der Waals surface area contributed by atoms with Crippen molar-refractivity contribution in [1.82, 2.24) is 26.6 Å². The second-order valence-electron chi connectivity index (χ2n) is 7.40. The van der Waals surface area contributed by atoms with Crippen LogP contribution in [-0.2, 0) is 33.6 Å². The number of aliphatic hydroxyl groups excluding tert-OH is 1. The Morgan fingerprint density at radius 2 is 1.39 bits per heavy atom. The largest absolute Gasteiger partial charge is 0.480 e. The van der Waals surface area contributed by atoms with Crippen LogP contribution in [0.3, 0.4) is 0 Å². The number of carbonyl (C=O) groups excluding carboxylic acids is 6. The molecule has 0 aromatic heterocycles. The predicted molar refractivity (Wildman–Crippen MR) is 149 cm³/mol. The number of aliphatic carboxylic acids is 1. The molecule has 0 saturated carbocycles. The van der Waals surface area contributed by atoms with E-state index in [1.165, 1.54) is 0 Å². The molecule has 232 valence electrons. The molecule has 0 fully saturated rings. The number of amides is 5. The third kappa shape index (κ3) is 24.1. The molecule has 11 N–H and O–H groups in total. The van der Waals surface area contributed by atoms with E-state index in [4.69, 9.17) is 28.1 Å². The summed E-state index contributed by atoms with van der Waals surface area (Å²) in [4.78, 5) is 85.7. The second kappa shape index (κ2) is 26.9. The first-order chi connectivity index (χ1) is 19.5. The van der Waals surface area contributed by atoms with Gasteiger partial charge in [0.05, 0.1) is 13.1 Å². The van der Waals surface area contributed by atoms with Crippen molar-refractivity contribution >= 4 is 47.8 Å². The maximum absolute atomic E-state index is 12.6. The Labute approximate surface area is 238 Å². The highest BCUT2D eigenvalue weighted by atomic mass is 16.4. The monoisotopic (exact) mass is 586 g/mol. The molecule has 0 aliphatic heterocycles. The molecule has 17 nitrogen and oxygen atoms in total. The average Bonchev–Trinajstić information content (AvgIpc) is 2.95. The van der Waals surface area contributed by atoms with Crippen LogP contribution in [0.2, 0.25) is 0 Å². The number of aliphatic imine (C=N–C) groups is 1. The smallest absolute Gasteiger partial charge is 0.322 e. The Kier molecular flexibility index (Phi) is 26.7. The van der Waals surface area contributed by atoms with Gasteiger partial charge < -0.3 is 53.1 Å². The fourth-order valence-corrected chi connectivity index (χ4v) is 2.62. The average molecular weight is 587 g/mol. The minimum Gasteiger partial charge on any atom is -0.480 e. The van der Waals surface area contributed by atoms with Crippen molar-refractivity contribution in [2.75, 3.05) is 33.3 Å². The molecule has 0 bridgehead atoms. The number of carboxylic acids is 1. The van der Waals surface area contributed by atoms with Gasteiger partial charge in [-0.25, -0.2) is 0 Å². The molecule has 0 aromatic carbocycles. The van der Waals surface area contributed by atoms with E-state index in [0.29, 0.717) is 6.29 Å². The first-order valence-corrected chi connectivity index (χ1v) is 12.5. The zero-order valence-electron chi connectivity index (χ0n) is 23.5. The summed E-state index contributed by atoms with van der Waals surface area (Å²) in [7, 11) is 1.00. The molecule has 0 aliphatic rings. The lowest BCUT2D eigenvalue weighted by Gasteiger charge is -2.19. The maximum atomic E-state index is 12.6. The summed E-state index contributed by atoms with van der Waals surface area (Å²) in [5.41, 5.74) is 10.5. The van der Waals surface area contributed by atoms with Crippen LogP contribution in [0.15, 0.2) is 4.99 Å². The topological polar surface area (TPSA) is 284 Å². The third-order valence-electron chi connectivity index (χ3n) is 4.36. The van der Waals surface area contributed by atoms with E-state index in [2.05, 4.69) is 32.2 Å². The standard InChI is InChI=1S/C21H32N8O8.C2H6.CH4O/c1-2-3-6-15(31)25-10-16(32)28-13(5-4-8-24-21(22)23)19(36)26-11-17(33)29-14(7-9-30)20(37)27-12-18(34)35;2*1-2/h1,9,13-14H,3-8,10-12H2,(H,25,31)(H,26,36)(H,27,37)(H,28,32)(H,29,33)(H,34,35)(H4,22,23,24);1-2H3;2H,1H3/t13?,14-;;/m0../s1. The van der Waals surface area contributed by atoms with Crippen molar-refractivity contribution in [2.24, 2.45) is 16.5 Å². The number of carboxylic acid groups (broad SMARTS) is 1. The molecule has 17 heteroatoms. The lowest BCUT2D eigenvalue weighted by Crippen LogP contribution is -2.53. The summed E-state index contributed by atoms with van der Waals surface area (Å²) < 4.78 is 0. The number of aliphatic hydroxyl groups is 1. The van der Waals surface area contributed by atoms with Crippen molar-refractivity contribution < 1.29 is 43.8 Å². The minimum absolute atomic E-state index is 0.0285. The fourth-order valence-electron chi connectivity index (χ4n) is 2.62. The molecule has 0 aromatic rings. The predicted octanol–water partition coefficient (Wildman–Crippen LogP) is -3.92. The Hall–Kier alpha value is -4.72. The Morgan fingerprint density at radius 3 is 1.90 bits per heavy atom. The first-order valence-electron chi connectivity index (χ1n) is 12.5. The lowest BCUT2D eigenvalue weighted by atomic mass is 10.1. The van der Waals surface area contributed by atoms with Crippen LogP contribution in [0, 0.1) is 12.3 Å². The van der Waals surface area contributed by atoms with Gasteiger partial charge in [0.2, 0.25) is 29.5 Å². The number of hydrogen-bond donors (Lipinski definition) is 9. The molecule has 0 aliphatic carbocycles. The lowest BCUT2D eigenvalue weighted by molar-refractivity contribution is -0.138. The summed E-state index contributed by atoms with van der Waals surface area (Å²) in [6, 6.07) is -2.48. The van der Waals surface area contributed by atoms with Gasteiger partial charge in [0, 0.05) is 32.9 Å². The van der Waals surface area contributed by atoms with Gasteiger partial charge >= 0.3 is 5.97 Å². The van der Waals surface area contributed by atoms with Crippen molar-refractivity contribution in [2.45, 2.75) is 58.0 Å². The fraction of sp³-hybridized carbons (Fsp3) is 0.583. The Balaban J connectivity index is -0.00000344. The normalized spacial score (nSPS) is 10.6. The highest BCUT2D eigenvalue weighted by Gasteiger charge is 2.24. The summed E-state index contributed by atoms with van der Waals surface area (Å²) >= 11 is 0. The summed E-state index contributed by atoms with van der Waals surface area (Å²) in [6.45, 7) is 2.40. The van der Waals surface area contributed by atoms with E-state index < -0.39 is 73.6 Å². The van der Waals surface area contributed by atoms with Gasteiger partial charge in [0.25, 0.3) is 0 Å². The molecular weight excluding hydrogens is 544 g/mol. The molecule has 1 unspecified atom stereocenters. The minimum atomic E-state index is -1.35. The van der Waals surface area contributed by atoms with Gasteiger partial charge in [-0.1, -0.05) is 13.8 Å². The molecule has 0 spiro atoms. The van der Waals surface area contributed by atoms with Crippen LogP contribution in [0.25, 0.3) is 0 Å². The Morgan fingerprint density at radius 1 is 0.878 bits per heavy atom. The number of nitrogens with two attached hydrogens (primary N) is 2. The molecule has 0 saturated heterocycles. The van der Waals surface area contributed by atoms with Crippen LogP contribution in [0.1, 0.15) is 46.0 Å². The summed E-state index contributed by atoms with van der Waals surface area (Å²) in [6.07, 6.45) is 5.58. The highest BCUT2D eigenvalue weighted by Crippen LogP contribution is 1.99. The van der Waals surface area contributed by atoms with Crippen molar-refractivity contribution in [3.8, 4) is 12.3 Å². The van der Waals surface area contributed by atoms with Crippen molar-refractivity contribution in [1.29, 1.82) is 0 Å². The van der Waals surface area contributed by atoms with E-state index in [-0.39, 0.29) is 38.2 Å². The number of hydrogen-bond acceptors (Lipinski definition) is 9. The zero-order chi connectivity index (χ0) is 32.2. The van der Waals surface area contributed by atoms with Gasteiger partial charge in [-0.05, 0) is 12.8 Å². The van der Waals surface area contributed by atoms with Gasteiger partial charge in [-0.2, -0.15) is 0 Å². The number of nitrogens with zero attached hydrogens (tertiary/aromatic N) is 1. The SMILES string of the molecule is C#CCCC(=O)NCC(=O)NC(CCCN=C(N)N)C(=O)NCC(=O)N[C@@H](CC=O)C(=O)NCC(=O)O.CC.CO. The molecule has 41 heavy (non-hydrogen) atoms. The number of terminal acetylenes is 1. The summed E-state index contributed by atoms with van der Waals surface area (Å²) in [5, 5.41) is 26.9. The van der Waals surface area contributed by atoms with Crippen LogP contribution < -0.4 is 38.1 Å². The van der Waals surface area contributed by atoms with Gasteiger partial charge in [-0.15, -0.1) is 12.3 Å². The number of carbonyl (C=O) groups is 7. The van der Waals surface area contributed by atoms with Gasteiger partial charge in [0.15, 0.2) is 5.96 Å². The van der Waals surface area contributed by atoms with Crippen LogP contribution >= 0.6 is 0 Å².